The number of amides is 2. The lowest BCUT2D eigenvalue weighted by atomic mass is 9.99. The van der Waals surface area contributed by atoms with E-state index in [9.17, 15) is 4.79 Å². The molecule has 3 aromatic rings. The van der Waals surface area contributed by atoms with E-state index in [0.29, 0.717) is 17.2 Å². The zero-order valence-electron chi connectivity index (χ0n) is 14.1. The SMILES string of the molecule is Nc1n[nH]c2cc(NC(=O)NC(c3ccccc3)[C@@H]3CCCO3)ncc12. The number of nitrogen functional groups attached to an aromatic ring is 1. The lowest BCUT2D eigenvalue weighted by Gasteiger charge is -2.24. The summed E-state index contributed by atoms with van der Waals surface area (Å²) in [5.41, 5.74) is 7.46. The largest absolute Gasteiger partial charge is 0.382 e. The zero-order chi connectivity index (χ0) is 17.9. The highest BCUT2D eigenvalue weighted by molar-refractivity contribution is 5.93. The van der Waals surface area contributed by atoms with Gasteiger partial charge in [0.15, 0.2) is 5.82 Å². The third-order valence-electron chi connectivity index (χ3n) is 4.50. The topological polar surface area (TPSA) is 118 Å². The number of anilines is 2. The van der Waals surface area contributed by atoms with Crippen molar-refractivity contribution >= 4 is 28.6 Å². The number of nitrogens with zero attached hydrogens (tertiary/aromatic N) is 2. The van der Waals surface area contributed by atoms with Crippen LogP contribution in [0.5, 0.6) is 0 Å². The first-order valence-corrected chi connectivity index (χ1v) is 8.54. The van der Waals surface area contributed by atoms with E-state index in [4.69, 9.17) is 10.5 Å². The second-order valence-electron chi connectivity index (χ2n) is 6.26. The number of benzene rings is 1. The number of urea groups is 1. The summed E-state index contributed by atoms with van der Waals surface area (Å²) in [6, 6.07) is 11.0. The molecule has 4 rings (SSSR count). The number of rotatable bonds is 4. The number of aromatic nitrogens is 3. The highest BCUT2D eigenvalue weighted by Crippen LogP contribution is 2.27. The highest BCUT2D eigenvalue weighted by atomic mass is 16.5. The van der Waals surface area contributed by atoms with Crippen molar-refractivity contribution in [3.63, 3.8) is 0 Å². The van der Waals surface area contributed by atoms with Gasteiger partial charge < -0.3 is 15.8 Å². The monoisotopic (exact) mass is 352 g/mol. The Morgan fingerprint density at radius 3 is 2.96 bits per heavy atom. The van der Waals surface area contributed by atoms with Gasteiger partial charge in [-0.1, -0.05) is 30.3 Å². The van der Waals surface area contributed by atoms with Crippen molar-refractivity contribution in [3.8, 4) is 0 Å². The molecule has 26 heavy (non-hydrogen) atoms. The van der Waals surface area contributed by atoms with Gasteiger partial charge in [-0.2, -0.15) is 5.10 Å². The number of ether oxygens (including phenoxy) is 1. The van der Waals surface area contributed by atoms with Gasteiger partial charge >= 0.3 is 6.03 Å². The second-order valence-corrected chi connectivity index (χ2v) is 6.26. The van der Waals surface area contributed by atoms with Gasteiger partial charge in [-0.05, 0) is 18.4 Å². The van der Waals surface area contributed by atoms with E-state index < -0.39 is 0 Å². The summed E-state index contributed by atoms with van der Waals surface area (Å²) in [6.07, 6.45) is 3.46. The predicted molar refractivity (Wildman–Crippen MR) is 98.6 cm³/mol. The summed E-state index contributed by atoms with van der Waals surface area (Å²) >= 11 is 0. The Balaban J connectivity index is 1.50. The molecule has 8 nitrogen and oxygen atoms in total. The zero-order valence-corrected chi connectivity index (χ0v) is 14.1. The standard InChI is InChI=1S/C18H20N6O2/c19-17-12-10-20-15(9-13(12)23-24-17)21-18(25)22-16(14-7-4-8-26-14)11-5-2-1-3-6-11/h1-3,5-6,9-10,14,16H,4,7-8H2,(H3,19,23,24)(H2,20,21,22,25)/t14-,16?/m0/s1. The Kier molecular flexibility index (Phi) is 4.40. The van der Waals surface area contributed by atoms with E-state index in [1.165, 1.54) is 0 Å². The summed E-state index contributed by atoms with van der Waals surface area (Å²) < 4.78 is 5.80. The Hall–Kier alpha value is -3.13. The molecule has 134 valence electrons. The number of carbonyl (C=O) groups is 1. The van der Waals surface area contributed by atoms with Gasteiger partial charge in [0.25, 0.3) is 0 Å². The van der Waals surface area contributed by atoms with Crippen LogP contribution in [-0.4, -0.2) is 33.9 Å². The summed E-state index contributed by atoms with van der Waals surface area (Å²) in [5.74, 6) is 0.795. The van der Waals surface area contributed by atoms with E-state index in [-0.39, 0.29) is 18.2 Å². The van der Waals surface area contributed by atoms with Crippen LogP contribution < -0.4 is 16.4 Å². The van der Waals surface area contributed by atoms with Gasteiger partial charge in [0.2, 0.25) is 0 Å². The molecule has 0 spiro atoms. The predicted octanol–water partition coefficient (Wildman–Crippen LogP) is 2.58. The van der Waals surface area contributed by atoms with E-state index in [2.05, 4.69) is 25.8 Å². The highest BCUT2D eigenvalue weighted by Gasteiger charge is 2.28. The summed E-state index contributed by atoms with van der Waals surface area (Å²) in [5, 5.41) is 13.2. The van der Waals surface area contributed by atoms with Gasteiger partial charge in [0.1, 0.15) is 5.82 Å². The molecule has 1 aliphatic heterocycles. The van der Waals surface area contributed by atoms with Crippen LogP contribution in [0.4, 0.5) is 16.4 Å². The molecular formula is C18H20N6O2. The van der Waals surface area contributed by atoms with Gasteiger partial charge in [-0.3, -0.25) is 10.4 Å². The molecule has 1 aromatic carbocycles. The maximum Gasteiger partial charge on any atom is 0.320 e. The Morgan fingerprint density at radius 2 is 2.19 bits per heavy atom. The fourth-order valence-corrected chi connectivity index (χ4v) is 3.21. The molecule has 5 N–H and O–H groups in total. The fourth-order valence-electron chi connectivity index (χ4n) is 3.21. The van der Waals surface area contributed by atoms with Crippen molar-refractivity contribution in [2.75, 3.05) is 17.7 Å². The normalized spacial score (nSPS) is 17.9. The molecule has 1 saturated heterocycles. The molecule has 2 amide bonds. The first-order chi connectivity index (χ1) is 12.7. The number of fused-ring (bicyclic) bond motifs is 1. The number of nitrogens with one attached hydrogen (secondary N) is 3. The Bertz CT molecular complexity index is 904. The minimum atomic E-state index is -0.339. The average molecular weight is 352 g/mol. The quantitative estimate of drug-likeness (QED) is 0.575. The lowest BCUT2D eigenvalue weighted by molar-refractivity contribution is 0.0815. The van der Waals surface area contributed by atoms with Gasteiger partial charge in [0, 0.05) is 18.9 Å². The van der Waals surface area contributed by atoms with Crippen LogP contribution in [0, 0.1) is 0 Å². The summed E-state index contributed by atoms with van der Waals surface area (Å²) in [7, 11) is 0. The fraction of sp³-hybridized carbons (Fsp3) is 0.278. The number of hydrogen-bond donors (Lipinski definition) is 4. The average Bonchev–Trinajstić information content (AvgIpc) is 3.31. The molecule has 1 fully saturated rings. The van der Waals surface area contributed by atoms with Crippen molar-refractivity contribution in [1.82, 2.24) is 20.5 Å². The Labute approximate surface area is 150 Å². The second kappa shape index (κ2) is 7.01. The van der Waals surface area contributed by atoms with Crippen LogP contribution in [0.1, 0.15) is 24.4 Å². The molecule has 0 bridgehead atoms. The minimum Gasteiger partial charge on any atom is -0.382 e. The number of aromatic amines is 1. The lowest BCUT2D eigenvalue weighted by Crippen LogP contribution is -2.38. The van der Waals surface area contributed by atoms with Crippen molar-refractivity contribution in [2.45, 2.75) is 25.0 Å². The molecule has 2 aromatic heterocycles. The van der Waals surface area contributed by atoms with Gasteiger partial charge in [0.05, 0.1) is 23.0 Å². The molecule has 0 aliphatic carbocycles. The van der Waals surface area contributed by atoms with E-state index in [0.717, 1.165) is 30.4 Å². The van der Waals surface area contributed by atoms with Crippen LogP contribution in [0.25, 0.3) is 10.9 Å². The van der Waals surface area contributed by atoms with E-state index in [1.807, 2.05) is 30.3 Å². The third kappa shape index (κ3) is 3.31. The molecule has 0 radical (unpaired) electrons. The van der Waals surface area contributed by atoms with Crippen LogP contribution in [-0.2, 0) is 4.74 Å². The molecule has 2 atom stereocenters. The van der Waals surface area contributed by atoms with Crippen LogP contribution >= 0.6 is 0 Å². The van der Waals surface area contributed by atoms with E-state index in [1.54, 1.807) is 12.3 Å². The summed E-state index contributed by atoms with van der Waals surface area (Å²) in [4.78, 5) is 16.7. The van der Waals surface area contributed by atoms with Crippen molar-refractivity contribution in [1.29, 1.82) is 0 Å². The molecule has 0 saturated carbocycles. The van der Waals surface area contributed by atoms with Crippen molar-refractivity contribution in [2.24, 2.45) is 0 Å². The van der Waals surface area contributed by atoms with Crippen LogP contribution in [0.2, 0.25) is 0 Å². The number of pyridine rings is 1. The first kappa shape index (κ1) is 16.3. The molecular weight excluding hydrogens is 332 g/mol. The van der Waals surface area contributed by atoms with Crippen LogP contribution in [0.15, 0.2) is 42.6 Å². The van der Waals surface area contributed by atoms with E-state index >= 15 is 0 Å². The molecule has 8 heteroatoms. The molecule has 3 heterocycles. The smallest absolute Gasteiger partial charge is 0.320 e. The molecule has 1 unspecified atom stereocenters. The van der Waals surface area contributed by atoms with Gasteiger partial charge in [-0.15, -0.1) is 0 Å². The Morgan fingerprint density at radius 1 is 1.35 bits per heavy atom. The third-order valence-corrected chi connectivity index (χ3v) is 4.50. The molecule has 1 aliphatic rings. The van der Waals surface area contributed by atoms with Gasteiger partial charge in [-0.25, -0.2) is 9.78 Å². The van der Waals surface area contributed by atoms with Crippen molar-refractivity contribution in [3.05, 3.63) is 48.2 Å². The number of H-pyrrole nitrogens is 1. The maximum absolute atomic E-state index is 12.5. The number of nitrogens with two attached hydrogens (primary N) is 1. The number of carbonyl (C=O) groups excluding carboxylic acids is 1. The minimum absolute atomic E-state index is 0.0361. The number of hydrogen-bond acceptors (Lipinski definition) is 5. The first-order valence-electron chi connectivity index (χ1n) is 8.54. The summed E-state index contributed by atoms with van der Waals surface area (Å²) in [6.45, 7) is 0.719. The van der Waals surface area contributed by atoms with Crippen LogP contribution in [0.3, 0.4) is 0 Å². The maximum atomic E-state index is 12.5. The van der Waals surface area contributed by atoms with Crippen molar-refractivity contribution < 1.29 is 9.53 Å².